The first-order valence-electron chi connectivity index (χ1n) is 9.65. The van der Waals surface area contributed by atoms with Crippen LogP contribution in [0.2, 0.25) is 0 Å². The maximum absolute atomic E-state index is 13.4. The van der Waals surface area contributed by atoms with Gasteiger partial charge in [-0.1, -0.05) is 36.4 Å². The van der Waals surface area contributed by atoms with Crippen LogP contribution in [0.5, 0.6) is 0 Å². The predicted molar refractivity (Wildman–Crippen MR) is 107 cm³/mol. The Kier molecular flexibility index (Phi) is 4.14. The van der Waals surface area contributed by atoms with Crippen LogP contribution in [0, 0.1) is 24.7 Å². The molecule has 2 aromatic carbocycles. The molecule has 0 unspecified atom stereocenters. The predicted octanol–water partition coefficient (Wildman–Crippen LogP) is 4.39. The van der Waals surface area contributed by atoms with Crippen LogP contribution in [0.3, 0.4) is 0 Å². The number of aryl methyl sites for hydroxylation is 1. The molecule has 5 rings (SSSR count). The average molecular weight is 383 g/mol. The van der Waals surface area contributed by atoms with E-state index in [1.54, 1.807) is 0 Å². The molecule has 2 bridgehead atoms. The minimum Gasteiger partial charge on any atom is -0.324 e. The number of carbonyl (C=O) groups excluding carboxylic acids is 1. The number of para-hydroxylation sites is 2. The summed E-state index contributed by atoms with van der Waals surface area (Å²) in [5, 5.41) is 5.13. The molecule has 5 heteroatoms. The molecule has 3 aliphatic rings. The van der Waals surface area contributed by atoms with Crippen LogP contribution in [0.1, 0.15) is 18.4 Å². The molecule has 2 aliphatic carbocycles. The van der Waals surface area contributed by atoms with Crippen molar-refractivity contribution in [2.75, 3.05) is 10.4 Å². The largest absolute Gasteiger partial charge is 0.324 e. The fourth-order valence-corrected chi connectivity index (χ4v) is 5.68. The molecule has 0 radical (unpaired) electrons. The lowest BCUT2D eigenvalue weighted by molar-refractivity contribution is -0.118. The molecule has 0 spiro atoms. The topological polar surface area (TPSA) is 41.6 Å². The Morgan fingerprint density at radius 3 is 2.63 bits per heavy atom. The molecule has 0 aromatic heterocycles. The van der Waals surface area contributed by atoms with Gasteiger partial charge >= 0.3 is 0 Å². The van der Waals surface area contributed by atoms with Gasteiger partial charge in [-0.2, -0.15) is 0 Å². The van der Waals surface area contributed by atoms with E-state index in [0.717, 1.165) is 29.8 Å². The molecule has 140 valence electrons. The zero-order valence-corrected chi connectivity index (χ0v) is 16.0. The summed E-state index contributed by atoms with van der Waals surface area (Å²) in [4.78, 5) is 19.8. The zero-order chi connectivity index (χ0) is 18.5. The van der Waals surface area contributed by atoms with E-state index in [1.807, 2.05) is 66.6 Å². The second-order valence-corrected chi connectivity index (χ2v) is 8.53. The number of alkyl halides is 1. The molecule has 6 atom stereocenters. The highest BCUT2D eigenvalue weighted by atomic mass is 35.5. The van der Waals surface area contributed by atoms with Gasteiger partial charge in [0.05, 0.1) is 11.8 Å². The minimum absolute atomic E-state index is 0.000625. The summed E-state index contributed by atoms with van der Waals surface area (Å²) in [5.74, 6) is 0.974. The number of hydroxylamine groups is 1. The van der Waals surface area contributed by atoms with Crippen molar-refractivity contribution in [3.8, 4) is 0 Å². The van der Waals surface area contributed by atoms with Crippen LogP contribution >= 0.6 is 11.6 Å². The van der Waals surface area contributed by atoms with Gasteiger partial charge in [-0.15, -0.1) is 11.6 Å². The number of amides is 1. The van der Waals surface area contributed by atoms with Crippen molar-refractivity contribution in [2.24, 2.45) is 17.8 Å². The third-order valence-corrected chi connectivity index (χ3v) is 6.95. The van der Waals surface area contributed by atoms with Crippen LogP contribution in [0.4, 0.5) is 11.4 Å². The number of hydrogen-bond acceptors (Lipinski definition) is 3. The van der Waals surface area contributed by atoms with Gasteiger partial charge in [-0.3, -0.25) is 9.63 Å². The van der Waals surface area contributed by atoms with Gasteiger partial charge in [0.25, 0.3) is 0 Å². The number of anilines is 2. The van der Waals surface area contributed by atoms with Gasteiger partial charge < -0.3 is 5.32 Å². The monoisotopic (exact) mass is 382 g/mol. The number of carbonyl (C=O) groups is 1. The van der Waals surface area contributed by atoms with E-state index >= 15 is 0 Å². The van der Waals surface area contributed by atoms with Gasteiger partial charge in [-0.25, -0.2) is 5.06 Å². The second-order valence-electron chi connectivity index (χ2n) is 7.97. The summed E-state index contributed by atoms with van der Waals surface area (Å²) in [5.41, 5.74) is 2.83. The smallest absolute Gasteiger partial charge is 0.250 e. The van der Waals surface area contributed by atoms with Crippen molar-refractivity contribution in [1.82, 2.24) is 0 Å². The lowest BCUT2D eigenvalue weighted by Crippen LogP contribution is -2.45. The van der Waals surface area contributed by atoms with Crippen molar-refractivity contribution in [3.63, 3.8) is 0 Å². The normalized spacial score (nSPS) is 33.9. The highest BCUT2D eigenvalue weighted by molar-refractivity contribution is 6.21. The molecule has 1 amide bonds. The van der Waals surface area contributed by atoms with Gasteiger partial charge in [0.2, 0.25) is 5.91 Å². The van der Waals surface area contributed by atoms with E-state index in [2.05, 4.69) is 5.32 Å². The SMILES string of the molecule is Cc1ccccc1NC(=O)[C@@H]1[C@H]2[C@H]3C[C@H]([C@H]2ON1c1ccccc1)[C@H](Cl)C3. The Bertz CT molecular complexity index is 858. The third kappa shape index (κ3) is 2.74. The van der Waals surface area contributed by atoms with Crippen LogP contribution in [0.25, 0.3) is 0 Å². The first-order valence-corrected chi connectivity index (χ1v) is 10.1. The molecule has 4 nitrogen and oxygen atoms in total. The number of benzene rings is 2. The van der Waals surface area contributed by atoms with E-state index in [9.17, 15) is 4.79 Å². The fraction of sp³-hybridized carbons (Fsp3) is 0.409. The number of nitrogens with zero attached hydrogens (tertiary/aromatic N) is 1. The number of fused-ring (bicyclic) bond motifs is 5. The summed E-state index contributed by atoms with van der Waals surface area (Å²) in [7, 11) is 0. The highest BCUT2D eigenvalue weighted by Crippen LogP contribution is 2.57. The molecule has 3 fully saturated rings. The van der Waals surface area contributed by atoms with Crippen molar-refractivity contribution < 1.29 is 9.63 Å². The van der Waals surface area contributed by atoms with Crippen LogP contribution in [0.15, 0.2) is 54.6 Å². The molecular weight excluding hydrogens is 360 g/mol. The molecule has 1 aliphatic heterocycles. The molecule has 2 saturated carbocycles. The molecule has 1 saturated heterocycles. The van der Waals surface area contributed by atoms with Crippen molar-refractivity contribution in [1.29, 1.82) is 0 Å². The summed E-state index contributed by atoms with van der Waals surface area (Å²) in [6, 6.07) is 17.5. The number of nitrogens with one attached hydrogen (secondary N) is 1. The molecule has 2 aromatic rings. The second kappa shape index (κ2) is 6.54. The lowest BCUT2D eigenvalue weighted by atomic mass is 9.81. The van der Waals surface area contributed by atoms with E-state index in [4.69, 9.17) is 16.4 Å². The highest BCUT2D eigenvalue weighted by Gasteiger charge is 2.62. The standard InChI is InChI=1S/C22H23ClN2O2/c1-13-7-5-6-10-18(13)24-22(26)20-19-14-11-16(17(23)12-14)21(19)27-25(20)15-8-3-2-4-9-15/h2-10,14,16-17,19-21H,11-12H2,1H3,(H,24,26)/t14-,16-,17+,19+,20-,21+/m0/s1. The van der Waals surface area contributed by atoms with Gasteiger partial charge in [-0.05, 0) is 49.4 Å². The van der Waals surface area contributed by atoms with E-state index in [1.165, 1.54) is 0 Å². The molecule has 27 heavy (non-hydrogen) atoms. The van der Waals surface area contributed by atoms with Gasteiger partial charge in [0.1, 0.15) is 6.04 Å². The first kappa shape index (κ1) is 17.1. The summed E-state index contributed by atoms with van der Waals surface area (Å²) in [6.45, 7) is 2.01. The summed E-state index contributed by atoms with van der Waals surface area (Å²) < 4.78 is 0. The Morgan fingerprint density at radius 1 is 1.11 bits per heavy atom. The third-order valence-electron chi connectivity index (χ3n) is 6.45. The fourth-order valence-electron chi connectivity index (χ4n) is 5.20. The number of rotatable bonds is 3. The number of halogens is 1. The van der Waals surface area contributed by atoms with Crippen molar-refractivity contribution in [2.45, 2.75) is 37.3 Å². The van der Waals surface area contributed by atoms with E-state index < -0.39 is 0 Å². The summed E-state index contributed by atoms with van der Waals surface area (Å²) >= 11 is 6.55. The van der Waals surface area contributed by atoms with E-state index in [0.29, 0.717) is 11.8 Å². The Labute approximate surface area is 164 Å². The minimum atomic E-state index is -0.337. The molecule has 1 heterocycles. The molecular formula is C22H23ClN2O2. The Hall–Kier alpha value is -2.04. The lowest BCUT2D eigenvalue weighted by Gasteiger charge is -2.29. The van der Waals surface area contributed by atoms with Crippen molar-refractivity contribution in [3.05, 3.63) is 60.2 Å². The number of hydrogen-bond donors (Lipinski definition) is 1. The Morgan fingerprint density at radius 2 is 1.85 bits per heavy atom. The average Bonchev–Trinajstić information content (AvgIpc) is 3.34. The summed E-state index contributed by atoms with van der Waals surface area (Å²) in [6.07, 6.45) is 2.08. The Balaban J connectivity index is 1.48. The quantitative estimate of drug-likeness (QED) is 0.800. The van der Waals surface area contributed by atoms with Crippen LogP contribution in [-0.4, -0.2) is 23.4 Å². The van der Waals surface area contributed by atoms with Crippen LogP contribution < -0.4 is 10.4 Å². The maximum atomic E-state index is 13.4. The maximum Gasteiger partial charge on any atom is 0.250 e. The van der Waals surface area contributed by atoms with Crippen LogP contribution in [-0.2, 0) is 9.63 Å². The first-order chi connectivity index (χ1) is 13.1. The molecule has 1 N–H and O–H groups in total. The van der Waals surface area contributed by atoms with Crippen molar-refractivity contribution >= 4 is 28.9 Å². The van der Waals surface area contributed by atoms with Gasteiger partial charge in [0, 0.05) is 22.9 Å². The zero-order valence-electron chi connectivity index (χ0n) is 15.2. The van der Waals surface area contributed by atoms with E-state index in [-0.39, 0.29) is 29.3 Å². The van der Waals surface area contributed by atoms with Gasteiger partial charge in [0.15, 0.2) is 0 Å².